The van der Waals surface area contributed by atoms with Crippen LogP contribution in [0.4, 0.5) is 6.01 Å². The summed E-state index contributed by atoms with van der Waals surface area (Å²) < 4.78 is 37.9. The first-order valence-corrected chi connectivity index (χ1v) is 10.8. The highest BCUT2D eigenvalue weighted by atomic mass is 32.2. The zero-order valence-corrected chi connectivity index (χ0v) is 17.0. The SMILES string of the molecule is COc1ccc(S(=O)(=O)N2CCCC2C(=O)Nc2nnc(-c3ccccc3)o2)cc1. The van der Waals surface area contributed by atoms with E-state index in [0.29, 0.717) is 18.6 Å². The van der Waals surface area contributed by atoms with Gasteiger partial charge in [0.15, 0.2) is 0 Å². The van der Waals surface area contributed by atoms with Crippen LogP contribution in [0.25, 0.3) is 11.5 Å². The van der Waals surface area contributed by atoms with Gasteiger partial charge in [0.1, 0.15) is 11.8 Å². The quantitative estimate of drug-likeness (QED) is 0.641. The van der Waals surface area contributed by atoms with Crippen LogP contribution in [-0.4, -0.2) is 48.5 Å². The van der Waals surface area contributed by atoms with E-state index in [9.17, 15) is 13.2 Å². The number of hydrogen-bond donors (Lipinski definition) is 1. The molecular formula is C20H20N4O5S. The van der Waals surface area contributed by atoms with Gasteiger partial charge in [0.05, 0.1) is 12.0 Å². The number of amides is 1. The summed E-state index contributed by atoms with van der Waals surface area (Å²) >= 11 is 0. The first-order valence-electron chi connectivity index (χ1n) is 9.35. The summed E-state index contributed by atoms with van der Waals surface area (Å²) in [5, 5.41) is 10.3. The Morgan fingerprint density at radius 3 is 2.57 bits per heavy atom. The minimum Gasteiger partial charge on any atom is -0.497 e. The lowest BCUT2D eigenvalue weighted by atomic mass is 10.2. The number of carbonyl (C=O) groups is 1. The summed E-state index contributed by atoms with van der Waals surface area (Å²) in [5.41, 5.74) is 0.718. The second-order valence-corrected chi connectivity index (χ2v) is 8.61. The molecule has 156 valence electrons. The molecule has 1 fully saturated rings. The Hall–Kier alpha value is -3.24. The van der Waals surface area contributed by atoms with Crippen molar-refractivity contribution in [3.63, 3.8) is 0 Å². The Kier molecular flexibility index (Phi) is 5.51. The zero-order chi connectivity index (χ0) is 21.1. The molecule has 2 heterocycles. The molecule has 0 bridgehead atoms. The molecule has 9 nitrogen and oxygen atoms in total. The lowest BCUT2D eigenvalue weighted by Gasteiger charge is -2.22. The van der Waals surface area contributed by atoms with Crippen molar-refractivity contribution in [2.75, 3.05) is 19.0 Å². The number of methoxy groups -OCH3 is 1. The van der Waals surface area contributed by atoms with E-state index < -0.39 is 22.0 Å². The molecule has 0 aliphatic carbocycles. The van der Waals surface area contributed by atoms with Gasteiger partial charge in [0, 0.05) is 12.1 Å². The molecule has 0 radical (unpaired) electrons. The van der Waals surface area contributed by atoms with E-state index in [1.54, 1.807) is 24.3 Å². The molecule has 1 aliphatic heterocycles. The van der Waals surface area contributed by atoms with Crippen LogP contribution in [0.1, 0.15) is 12.8 Å². The second-order valence-electron chi connectivity index (χ2n) is 6.72. The fraction of sp³-hybridized carbons (Fsp3) is 0.250. The number of hydrogen-bond acceptors (Lipinski definition) is 7. The highest BCUT2D eigenvalue weighted by Crippen LogP contribution is 2.28. The van der Waals surface area contributed by atoms with Gasteiger partial charge in [-0.05, 0) is 49.2 Å². The molecule has 10 heteroatoms. The van der Waals surface area contributed by atoms with Crippen molar-refractivity contribution in [3.8, 4) is 17.2 Å². The Balaban J connectivity index is 1.50. The zero-order valence-electron chi connectivity index (χ0n) is 16.2. The van der Waals surface area contributed by atoms with E-state index >= 15 is 0 Å². The molecule has 0 saturated carbocycles. The molecular weight excluding hydrogens is 408 g/mol. The normalized spacial score (nSPS) is 17.0. The van der Waals surface area contributed by atoms with Crippen LogP contribution < -0.4 is 10.1 Å². The van der Waals surface area contributed by atoms with Gasteiger partial charge in [-0.3, -0.25) is 10.1 Å². The Morgan fingerprint density at radius 2 is 1.87 bits per heavy atom. The van der Waals surface area contributed by atoms with Crippen LogP contribution >= 0.6 is 0 Å². The number of aromatic nitrogens is 2. The standard InChI is InChI=1S/C20H20N4O5S/c1-28-15-9-11-16(12-10-15)30(26,27)24-13-5-8-17(24)18(25)21-20-23-22-19(29-20)14-6-3-2-4-7-14/h2-4,6-7,9-12,17H,5,8,13H2,1H3,(H,21,23,25). The molecule has 4 rings (SSSR count). The summed E-state index contributed by atoms with van der Waals surface area (Å²) in [7, 11) is -2.33. The van der Waals surface area contributed by atoms with Crippen molar-refractivity contribution < 1.29 is 22.4 Å². The summed E-state index contributed by atoms with van der Waals surface area (Å²) in [6.07, 6.45) is 0.980. The van der Waals surface area contributed by atoms with Gasteiger partial charge in [-0.1, -0.05) is 23.3 Å². The van der Waals surface area contributed by atoms with Crippen molar-refractivity contribution in [2.24, 2.45) is 0 Å². The minimum absolute atomic E-state index is 0.0763. The van der Waals surface area contributed by atoms with Crippen LogP contribution in [-0.2, 0) is 14.8 Å². The number of sulfonamides is 1. The van der Waals surface area contributed by atoms with Gasteiger partial charge >= 0.3 is 6.01 Å². The first-order chi connectivity index (χ1) is 14.5. The van der Waals surface area contributed by atoms with Crippen molar-refractivity contribution in [3.05, 3.63) is 54.6 Å². The minimum atomic E-state index is -3.84. The molecule has 1 amide bonds. The predicted octanol–water partition coefficient (Wildman–Crippen LogP) is 2.54. The van der Waals surface area contributed by atoms with E-state index in [1.165, 1.54) is 23.5 Å². The number of nitrogens with zero attached hydrogens (tertiary/aromatic N) is 3. The van der Waals surface area contributed by atoms with Crippen LogP contribution in [0.2, 0.25) is 0 Å². The molecule has 1 saturated heterocycles. The summed E-state index contributed by atoms with van der Waals surface area (Å²) in [6.45, 7) is 0.256. The van der Waals surface area contributed by atoms with Crippen molar-refractivity contribution in [1.82, 2.24) is 14.5 Å². The van der Waals surface area contributed by atoms with Gasteiger partial charge in [-0.2, -0.15) is 4.31 Å². The smallest absolute Gasteiger partial charge is 0.322 e. The maximum atomic E-state index is 13.0. The third-order valence-electron chi connectivity index (χ3n) is 4.85. The summed E-state index contributed by atoms with van der Waals surface area (Å²) in [4.78, 5) is 12.9. The van der Waals surface area contributed by atoms with Gasteiger partial charge in [0.25, 0.3) is 0 Å². The third-order valence-corrected chi connectivity index (χ3v) is 6.77. The molecule has 1 aliphatic rings. The molecule has 30 heavy (non-hydrogen) atoms. The van der Waals surface area contributed by atoms with Crippen molar-refractivity contribution in [2.45, 2.75) is 23.8 Å². The fourth-order valence-corrected chi connectivity index (χ4v) is 4.99. The maximum Gasteiger partial charge on any atom is 0.322 e. The number of ether oxygens (including phenoxy) is 1. The number of benzene rings is 2. The fourth-order valence-electron chi connectivity index (χ4n) is 3.33. The van der Waals surface area contributed by atoms with Crippen LogP contribution in [0, 0.1) is 0 Å². The van der Waals surface area contributed by atoms with Crippen LogP contribution in [0.3, 0.4) is 0 Å². The molecule has 2 aromatic carbocycles. The highest BCUT2D eigenvalue weighted by Gasteiger charge is 2.39. The van der Waals surface area contributed by atoms with E-state index in [4.69, 9.17) is 9.15 Å². The highest BCUT2D eigenvalue weighted by molar-refractivity contribution is 7.89. The molecule has 3 aromatic rings. The third kappa shape index (κ3) is 3.91. The van der Waals surface area contributed by atoms with Gasteiger partial charge < -0.3 is 9.15 Å². The number of rotatable bonds is 6. The second kappa shape index (κ2) is 8.25. The topological polar surface area (TPSA) is 115 Å². The Morgan fingerprint density at radius 1 is 1.13 bits per heavy atom. The van der Waals surface area contributed by atoms with Gasteiger partial charge in [-0.15, -0.1) is 5.10 Å². The van der Waals surface area contributed by atoms with Gasteiger partial charge in [-0.25, -0.2) is 8.42 Å². The number of anilines is 1. The monoisotopic (exact) mass is 428 g/mol. The average molecular weight is 428 g/mol. The number of nitrogens with one attached hydrogen (secondary N) is 1. The van der Waals surface area contributed by atoms with E-state index in [0.717, 1.165) is 5.56 Å². The van der Waals surface area contributed by atoms with E-state index in [-0.39, 0.29) is 23.3 Å². The average Bonchev–Trinajstić information content (AvgIpc) is 3.45. The van der Waals surface area contributed by atoms with E-state index in [1.807, 2.05) is 18.2 Å². The predicted molar refractivity (Wildman–Crippen MR) is 108 cm³/mol. The maximum absolute atomic E-state index is 13.0. The lowest BCUT2D eigenvalue weighted by molar-refractivity contribution is -0.119. The van der Waals surface area contributed by atoms with Crippen LogP contribution in [0.15, 0.2) is 63.9 Å². The molecule has 1 atom stereocenters. The first kappa shape index (κ1) is 20.0. The van der Waals surface area contributed by atoms with Crippen molar-refractivity contribution in [1.29, 1.82) is 0 Å². The van der Waals surface area contributed by atoms with Crippen molar-refractivity contribution >= 4 is 21.9 Å². The molecule has 1 N–H and O–H groups in total. The van der Waals surface area contributed by atoms with Crippen LogP contribution in [0.5, 0.6) is 5.75 Å². The van der Waals surface area contributed by atoms with Gasteiger partial charge in [0.2, 0.25) is 21.8 Å². The number of carbonyl (C=O) groups excluding carboxylic acids is 1. The Labute approximate surface area is 173 Å². The summed E-state index contributed by atoms with van der Waals surface area (Å²) in [6, 6.07) is 14.3. The summed E-state index contributed by atoms with van der Waals surface area (Å²) in [5.74, 6) is 0.308. The molecule has 0 spiro atoms. The molecule has 1 aromatic heterocycles. The molecule has 1 unspecified atom stereocenters. The Bertz CT molecular complexity index is 1130. The lowest BCUT2D eigenvalue weighted by Crippen LogP contribution is -2.43. The van der Waals surface area contributed by atoms with E-state index in [2.05, 4.69) is 15.5 Å². The largest absolute Gasteiger partial charge is 0.497 e.